The first-order valence-electron chi connectivity index (χ1n) is 7.54. The summed E-state index contributed by atoms with van der Waals surface area (Å²) in [6.07, 6.45) is 1.31. The van der Waals surface area contributed by atoms with Crippen LogP contribution >= 0.6 is 11.3 Å². The van der Waals surface area contributed by atoms with Gasteiger partial charge >= 0.3 is 5.97 Å². The van der Waals surface area contributed by atoms with Crippen molar-refractivity contribution in [3.63, 3.8) is 0 Å². The van der Waals surface area contributed by atoms with Crippen molar-refractivity contribution in [2.75, 3.05) is 6.54 Å². The number of carbonyl (C=O) groups excluding carboxylic acids is 1. The van der Waals surface area contributed by atoms with Gasteiger partial charge in [-0.1, -0.05) is 13.3 Å². The molecule has 0 aromatic carbocycles. The maximum absolute atomic E-state index is 12.3. The molecule has 0 aliphatic carbocycles. The highest BCUT2D eigenvalue weighted by atomic mass is 32.1. The molecule has 2 aromatic heterocycles. The fourth-order valence-corrected chi connectivity index (χ4v) is 2.99. The second-order valence-corrected chi connectivity index (χ2v) is 6.16. The number of carbonyl (C=O) groups is 2. The summed E-state index contributed by atoms with van der Waals surface area (Å²) in [7, 11) is 0. The van der Waals surface area contributed by atoms with Crippen molar-refractivity contribution in [1.82, 2.24) is 10.3 Å². The number of aliphatic carboxylic acids is 1. The molecular weight excluding hydrogens is 312 g/mol. The number of nitrogens with one attached hydrogen (secondary N) is 1. The molecule has 2 rings (SSSR count). The van der Waals surface area contributed by atoms with Crippen molar-refractivity contribution < 1.29 is 14.7 Å². The maximum atomic E-state index is 12.3. The predicted molar refractivity (Wildman–Crippen MR) is 90.7 cm³/mol. The average molecular weight is 332 g/mol. The Labute approximate surface area is 139 Å². The van der Waals surface area contributed by atoms with Gasteiger partial charge in [0.05, 0.1) is 22.9 Å². The van der Waals surface area contributed by atoms with Crippen LogP contribution in [0.25, 0.3) is 11.3 Å². The zero-order chi connectivity index (χ0) is 16.8. The molecule has 6 heteroatoms. The van der Waals surface area contributed by atoms with Gasteiger partial charge in [-0.15, -0.1) is 0 Å². The van der Waals surface area contributed by atoms with Gasteiger partial charge in [-0.05, 0) is 36.9 Å². The van der Waals surface area contributed by atoms with Crippen LogP contribution in [0.4, 0.5) is 0 Å². The summed E-state index contributed by atoms with van der Waals surface area (Å²) in [6, 6.07) is 5.53. The van der Waals surface area contributed by atoms with Gasteiger partial charge < -0.3 is 10.4 Å². The normalized spacial score (nSPS) is 11.9. The Balaban J connectivity index is 2.06. The van der Waals surface area contributed by atoms with Crippen LogP contribution in [-0.4, -0.2) is 28.5 Å². The number of aromatic nitrogens is 1. The Bertz CT molecular complexity index is 683. The molecule has 0 aliphatic rings. The number of pyridine rings is 1. The molecule has 0 spiro atoms. The lowest BCUT2D eigenvalue weighted by Crippen LogP contribution is -2.33. The van der Waals surface area contributed by atoms with Gasteiger partial charge in [0.15, 0.2) is 0 Å². The zero-order valence-corrected chi connectivity index (χ0v) is 14.0. The monoisotopic (exact) mass is 332 g/mol. The van der Waals surface area contributed by atoms with Crippen LogP contribution in [0.15, 0.2) is 29.0 Å². The molecule has 1 unspecified atom stereocenters. The van der Waals surface area contributed by atoms with Crippen molar-refractivity contribution in [1.29, 1.82) is 0 Å². The molecule has 0 radical (unpaired) electrons. The molecule has 0 fully saturated rings. The van der Waals surface area contributed by atoms with E-state index in [1.807, 2.05) is 29.8 Å². The molecule has 0 aliphatic heterocycles. The SMILES string of the molecule is CCCC(CNC(=O)c1ccc(-c2ccsc2)nc1C)C(=O)O. The molecule has 0 saturated carbocycles. The number of amides is 1. The van der Waals surface area contributed by atoms with E-state index in [0.29, 0.717) is 17.7 Å². The topological polar surface area (TPSA) is 79.3 Å². The van der Waals surface area contributed by atoms with E-state index >= 15 is 0 Å². The lowest BCUT2D eigenvalue weighted by Gasteiger charge is -2.13. The lowest BCUT2D eigenvalue weighted by atomic mass is 10.0. The van der Waals surface area contributed by atoms with Gasteiger partial charge in [0.2, 0.25) is 0 Å². The summed E-state index contributed by atoms with van der Waals surface area (Å²) in [5.41, 5.74) is 2.96. The maximum Gasteiger partial charge on any atom is 0.308 e. The van der Waals surface area contributed by atoms with Crippen LogP contribution in [0, 0.1) is 12.8 Å². The Morgan fingerprint density at radius 1 is 1.35 bits per heavy atom. The van der Waals surface area contributed by atoms with E-state index in [-0.39, 0.29) is 12.5 Å². The Hall–Kier alpha value is -2.21. The van der Waals surface area contributed by atoms with Crippen LogP contribution < -0.4 is 5.32 Å². The smallest absolute Gasteiger partial charge is 0.308 e. The summed E-state index contributed by atoms with van der Waals surface area (Å²) in [5, 5.41) is 15.8. The molecule has 122 valence electrons. The third-order valence-electron chi connectivity index (χ3n) is 3.64. The van der Waals surface area contributed by atoms with Crippen LogP contribution in [0.3, 0.4) is 0 Å². The Kier molecular flexibility index (Phi) is 5.87. The number of thiophene rings is 1. The summed E-state index contributed by atoms with van der Waals surface area (Å²) < 4.78 is 0. The number of carboxylic acids is 1. The fraction of sp³-hybridized carbons (Fsp3) is 0.353. The summed E-state index contributed by atoms with van der Waals surface area (Å²) >= 11 is 1.59. The van der Waals surface area contributed by atoms with Crippen molar-refractivity contribution in [2.24, 2.45) is 5.92 Å². The number of nitrogens with zero attached hydrogens (tertiary/aromatic N) is 1. The number of rotatable bonds is 7. The Morgan fingerprint density at radius 2 is 2.13 bits per heavy atom. The summed E-state index contributed by atoms with van der Waals surface area (Å²) in [5.74, 6) is -1.72. The molecular formula is C17H20N2O3S. The van der Waals surface area contributed by atoms with Crippen LogP contribution in [0.1, 0.15) is 35.8 Å². The first-order valence-corrected chi connectivity index (χ1v) is 8.48. The second kappa shape index (κ2) is 7.87. The van der Waals surface area contributed by atoms with Crippen LogP contribution in [0.2, 0.25) is 0 Å². The van der Waals surface area contributed by atoms with Gasteiger partial charge in [0, 0.05) is 17.5 Å². The minimum atomic E-state index is -0.880. The predicted octanol–water partition coefficient (Wildman–Crippen LogP) is 3.35. The van der Waals surface area contributed by atoms with Gasteiger partial charge in [-0.3, -0.25) is 14.6 Å². The van der Waals surface area contributed by atoms with Crippen molar-refractivity contribution >= 4 is 23.2 Å². The number of carboxylic acid groups (broad SMARTS) is 1. The van der Waals surface area contributed by atoms with E-state index in [0.717, 1.165) is 17.7 Å². The molecule has 0 bridgehead atoms. The lowest BCUT2D eigenvalue weighted by molar-refractivity contribution is -0.141. The van der Waals surface area contributed by atoms with Crippen molar-refractivity contribution in [3.8, 4) is 11.3 Å². The molecule has 1 atom stereocenters. The highest BCUT2D eigenvalue weighted by Crippen LogP contribution is 2.21. The van der Waals surface area contributed by atoms with Crippen LogP contribution in [0.5, 0.6) is 0 Å². The van der Waals surface area contributed by atoms with E-state index in [9.17, 15) is 9.59 Å². The van der Waals surface area contributed by atoms with E-state index < -0.39 is 11.9 Å². The number of hydrogen-bond acceptors (Lipinski definition) is 4. The third kappa shape index (κ3) is 4.39. The molecule has 2 heterocycles. The molecule has 5 nitrogen and oxygen atoms in total. The van der Waals surface area contributed by atoms with Gasteiger partial charge in [-0.2, -0.15) is 11.3 Å². The number of aryl methyl sites for hydroxylation is 1. The van der Waals surface area contributed by atoms with Crippen LogP contribution in [-0.2, 0) is 4.79 Å². The summed E-state index contributed by atoms with van der Waals surface area (Å²) in [6.45, 7) is 3.84. The Morgan fingerprint density at radius 3 is 2.70 bits per heavy atom. The third-order valence-corrected chi connectivity index (χ3v) is 4.33. The average Bonchev–Trinajstić information content (AvgIpc) is 3.05. The molecule has 2 N–H and O–H groups in total. The van der Waals surface area contributed by atoms with Gasteiger partial charge in [-0.25, -0.2) is 0 Å². The second-order valence-electron chi connectivity index (χ2n) is 5.38. The first kappa shape index (κ1) is 17.1. The highest BCUT2D eigenvalue weighted by Gasteiger charge is 2.18. The molecule has 23 heavy (non-hydrogen) atoms. The largest absolute Gasteiger partial charge is 0.481 e. The molecule has 2 aromatic rings. The van der Waals surface area contributed by atoms with Crippen molar-refractivity contribution in [3.05, 3.63) is 40.2 Å². The summed E-state index contributed by atoms with van der Waals surface area (Å²) in [4.78, 5) is 27.8. The fourth-order valence-electron chi connectivity index (χ4n) is 2.34. The number of hydrogen-bond donors (Lipinski definition) is 2. The van der Waals surface area contributed by atoms with Crippen molar-refractivity contribution in [2.45, 2.75) is 26.7 Å². The quantitative estimate of drug-likeness (QED) is 0.815. The zero-order valence-electron chi connectivity index (χ0n) is 13.2. The molecule has 1 amide bonds. The highest BCUT2D eigenvalue weighted by molar-refractivity contribution is 7.08. The molecule has 0 saturated heterocycles. The van der Waals surface area contributed by atoms with E-state index in [4.69, 9.17) is 5.11 Å². The van der Waals surface area contributed by atoms with Gasteiger partial charge in [0.25, 0.3) is 5.91 Å². The van der Waals surface area contributed by atoms with E-state index in [2.05, 4.69) is 10.3 Å². The van der Waals surface area contributed by atoms with Gasteiger partial charge in [0.1, 0.15) is 0 Å². The minimum Gasteiger partial charge on any atom is -0.481 e. The van der Waals surface area contributed by atoms with E-state index in [1.54, 1.807) is 24.3 Å². The van der Waals surface area contributed by atoms with E-state index in [1.165, 1.54) is 0 Å². The first-order chi connectivity index (χ1) is 11.0. The standard InChI is InChI=1S/C17H20N2O3S/c1-3-4-12(17(21)22)9-18-16(20)14-5-6-15(19-11(14)2)13-7-8-23-10-13/h5-8,10,12H,3-4,9H2,1-2H3,(H,18,20)(H,21,22). The minimum absolute atomic E-state index is 0.133.